The lowest BCUT2D eigenvalue weighted by molar-refractivity contribution is 0.0369. The maximum Gasteiger partial charge on any atom is 0.147 e. The minimum absolute atomic E-state index is 0.0743. The Morgan fingerprint density at radius 3 is 2.75 bits per heavy atom. The lowest BCUT2D eigenvalue weighted by Gasteiger charge is -2.24. The first kappa shape index (κ1) is 16.0. The quantitative estimate of drug-likeness (QED) is 0.919. The van der Waals surface area contributed by atoms with Gasteiger partial charge in [-0.3, -0.25) is 0 Å². The van der Waals surface area contributed by atoms with Crippen LogP contribution in [0.4, 0.5) is 0 Å². The van der Waals surface area contributed by atoms with Crippen LogP contribution in [-0.2, 0) is 14.6 Å². The molecular weight excluding hydrogens is 321 g/mol. The highest BCUT2D eigenvalue weighted by Crippen LogP contribution is 2.32. The molecule has 1 aliphatic heterocycles. The first-order valence-corrected chi connectivity index (χ1v) is 9.13. The van der Waals surface area contributed by atoms with Gasteiger partial charge in [-0.1, -0.05) is 29.3 Å². The van der Waals surface area contributed by atoms with Crippen molar-refractivity contribution in [3.8, 4) is 0 Å². The van der Waals surface area contributed by atoms with E-state index in [1.54, 1.807) is 12.1 Å². The molecule has 2 atom stereocenters. The van der Waals surface area contributed by atoms with E-state index < -0.39 is 9.84 Å². The number of sulfone groups is 1. The number of hydrogen-bond acceptors (Lipinski definition) is 4. The van der Waals surface area contributed by atoms with E-state index >= 15 is 0 Å². The number of halogens is 2. The van der Waals surface area contributed by atoms with Gasteiger partial charge in [0.05, 0.1) is 28.5 Å². The molecule has 20 heavy (non-hydrogen) atoms. The van der Waals surface area contributed by atoms with E-state index in [0.717, 1.165) is 5.56 Å². The van der Waals surface area contributed by atoms with Crippen LogP contribution in [0.2, 0.25) is 10.0 Å². The molecule has 0 aliphatic carbocycles. The molecule has 1 aromatic rings. The van der Waals surface area contributed by atoms with Crippen LogP contribution in [0.3, 0.4) is 0 Å². The van der Waals surface area contributed by atoms with Crippen molar-refractivity contribution in [1.82, 2.24) is 5.32 Å². The molecule has 112 valence electrons. The van der Waals surface area contributed by atoms with Gasteiger partial charge in [0.2, 0.25) is 0 Å². The third kappa shape index (κ3) is 4.33. The summed E-state index contributed by atoms with van der Waals surface area (Å²) in [4.78, 5) is 0. The highest BCUT2D eigenvalue weighted by molar-refractivity contribution is 7.90. The van der Waals surface area contributed by atoms with Crippen LogP contribution in [0, 0.1) is 5.92 Å². The van der Waals surface area contributed by atoms with Crippen LogP contribution in [-0.4, -0.2) is 40.1 Å². The third-order valence-electron chi connectivity index (χ3n) is 3.20. The van der Waals surface area contributed by atoms with Crippen molar-refractivity contribution in [2.45, 2.75) is 6.10 Å². The Morgan fingerprint density at radius 1 is 1.35 bits per heavy atom. The van der Waals surface area contributed by atoms with Gasteiger partial charge in [-0.15, -0.1) is 0 Å². The minimum atomic E-state index is -3.08. The fourth-order valence-electron chi connectivity index (χ4n) is 2.38. The first-order chi connectivity index (χ1) is 9.37. The Bertz CT molecular complexity index is 577. The number of rotatable bonds is 3. The van der Waals surface area contributed by atoms with E-state index in [4.69, 9.17) is 27.9 Å². The van der Waals surface area contributed by atoms with Crippen LogP contribution in [0.5, 0.6) is 0 Å². The first-order valence-electron chi connectivity index (χ1n) is 6.32. The van der Waals surface area contributed by atoms with E-state index in [2.05, 4.69) is 5.32 Å². The van der Waals surface area contributed by atoms with Gasteiger partial charge in [0.25, 0.3) is 0 Å². The highest BCUT2D eigenvalue weighted by Gasteiger charge is 2.29. The van der Waals surface area contributed by atoms with Gasteiger partial charge >= 0.3 is 0 Å². The number of hydrogen-bond donors (Lipinski definition) is 1. The van der Waals surface area contributed by atoms with Crippen LogP contribution in [0.1, 0.15) is 11.7 Å². The van der Waals surface area contributed by atoms with E-state index in [9.17, 15) is 8.42 Å². The zero-order valence-electron chi connectivity index (χ0n) is 11.1. The molecule has 0 spiro atoms. The van der Waals surface area contributed by atoms with Crippen molar-refractivity contribution in [1.29, 1.82) is 0 Å². The molecule has 0 bridgehead atoms. The van der Waals surface area contributed by atoms with Gasteiger partial charge in [-0.05, 0) is 17.7 Å². The molecule has 1 heterocycles. The molecule has 1 aliphatic rings. The fourth-order valence-corrected chi connectivity index (χ4v) is 3.76. The lowest BCUT2D eigenvalue weighted by atomic mass is 9.97. The maximum atomic E-state index is 11.6. The van der Waals surface area contributed by atoms with Crippen molar-refractivity contribution >= 4 is 33.0 Å². The number of nitrogens with one attached hydrogen (secondary N) is 1. The molecule has 1 N–H and O–H groups in total. The molecule has 0 radical (unpaired) electrons. The molecule has 1 aromatic carbocycles. The molecule has 0 aromatic heterocycles. The second-order valence-corrected chi connectivity index (χ2v) is 8.02. The molecule has 7 heteroatoms. The maximum absolute atomic E-state index is 11.6. The molecule has 1 fully saturated rings. The van der Waals surface area contributed by atoms with Crippen LogP contribution >= 0.6 is 23.2 Å². The van der Waals surface area contributed by atoms with Crippen molar-refractivity contribution in [3.05, 3.63) is 33.8 Å². The van der Waals surface area contributed by atoms with Gasteiger partial charge in [-0.25, -0.2) is 8.42 Å². The van der Waals surface area contributed by atoms with Gasteiger partial charge in [0.15, 0.2) is 0 Å². The minimum Gasteiger partial charge on any atom is -0.372 e. The van der Waals surface area contributed by atoms with Gasteiger partial charge in [0, 0.05) is 25.3 Å². The average Bonchev–Trinajstić information content (AvgIpc) is 2.56. The van der Waals surface area contributed by atoms with Gasteiger partial charge in [-0.2, -0.15) is 0 Å². The summed E-state index contributed by atoms with van der Waals surface area (Å²) >= 11 is 11.9. The molecule has 0 saturated carbocycles. The summed E-state index contributed by atoms with van der Waals surface area (Å²) in [5, 5.41) is 4.12. The zero-order chi connectivity index (χ0) is 14.8. The summed E-state index contributed by atoms with van der Waals surface area (Å²) in [5.41, 5.74) is 0.858. The van der Waals surface area contributed by atoms with Crippen molar-refractivity contribution in [3.63, 3.8) is 0 Å². The highest BCUT2D eigenvalue weighted by atomic mass is 35.5. The summed E-state index contributed by atoms with van der Waals surface area (Å²) < 4.78 is 29.0. The van der Waals surface area contributed by atoms with Crippen LogP contribution < -0.4 is 5.32 Å². The molecule has 4 nitrogen and oxygen atoms in total. The van der Waals surface area contributed by atoms with Gasteiger partial charge in [0.1, 0.15) is 9.84 Å². The van der Waals surface area contributed by atoms with Crippen molar-refractivity contribution in [2.24, 2.45) is 5.92 Å². The summed E-state index contributed by atoms with van der Waals surface area (Å²) in [6.07, 6.45) is 0.943. The second kappa shape index (κ2) is 6.62. The number of ether oxygens (including phenoxy) is 1. The topological polar surface area (TPSA) is 55.4 Å². The predicted octanol–water partition coefficient (Wildman–Crippen LogP) is 2.32. The second-order valence-electron chi connectivity index (χ2n) is 5.02. The Balaban J connectivity index is 2.29. The summed E-state index contributed by atoms with van der Waals surface area (Å²) in [6.45, 7) is 1.83. The Kier molecular flexibility index (Phi) is 5.31. The Morgan fingerprint density at radius 2 is 2.10 bits per heavy atom. The lowest BCUT2D eigenvalue weighted by Crippen LogP contribution is -2.30. The van der Waals surface area contributed by atoms with E-state index in [1.165, 1.54) is 6.26 Å². The van der Waals surface area contributed by atoms with E-state index in [0.29, 0.717) is 29.7 Å². The van der Waals surface area contributed by atoms with E-state index in [-0.39, 0.29) is 17.8 Å². The monoisotopic (exact) mass is 337 g/mol. The largest absolute Gasteiger partial charge is 0.372 e. The Hall–Kier alpha value is -0.330. The molecule has 0 amide bonds. The molecule has 1 saturated heterocycles. The SMILES string of the molecule is CS(=O)(=O)C[C@@H]1CNCCOC1c1ccc(Cl)c(Cl)c1. The number of benzene rings is 1. The normalized spacial score (nSPS) is 24.4. The van der Waals surface area contributed by atoms with Gasteiger partial charge < -0.3 is 10.1 Å². The summed E-state index contributed by atoms with van der Waals surface area (Å²) in [6, 6.07) is 5.28. The van der Waals surface area contributed by atoms with Crippen LogP contribution in [0.15, 0.2) is 18.2 Å². The van der Waals surface area contributed by atoms with Crippen molar-refractivity contribution < 1.29 is 13.2 Å². The van der Waals surface area contributed by atoms with E-state index in [1.807, 2.05) is 6.07 Å². The molecular formula is C13H17Cl2NO3S. The van der Waals surface area contributed by atoms with Crippen molar-refractivity contribution in [2.75, 3.05) is 31.7 Å². The standard InChI is InChI=1S/C13H17Cl2NO3S/c1-20(17,18)8-10-7-16-4-5-19-13(10)9-2-3-11(14)12(15)6-9/h2-3,6,10,13,16H,4-5,7-8H2,1H3/t10-,13?/m0/s1. The fraction of sp³-hybridized carbons (Fsp3) is 0.538. The van der Waals surface area contributed by atoms with Crippen LogP contribution in [0.25, 0.3) is 0 Å². The summed E-state index contributed by atoms with van der Waals surface area (Å²) in [7, 11) is -3.08. The predicted molar refractivity (Wildman–Crippen MR) is 81.2 cm³/mol. The third-order valence-corrected chi connectivity index (χ3v) is 4.97. The summed E-state index contributed by atoms with van der Waals surface area (Å²) in [5.74, 6) is -0.0741. The molecule has 2 rings (SSSR count). The molecule has 1 unspecified atom stereocenters. The Labute approximate surface area is 129 Å². The average molecular weight is 338 g/mol. The zero-order valence-corrected chi connectivity index (χ0v) is 13.4. The smallest absolute Gasteiger partial charge is 0.147 e.